The van der Waals surface area contributed by atoms with Crippen LogP contribution >= 0.6 is 0 Å². The Morgan fingerprint density at radius 1 is 1.21 bits per heavy atom. The van der Waals surface area contributed by atoms with E-state index < -0.39 is 12.2 Å². The molecule has 0 bridgehead atoms. The molecule has 1 aromatic rings. The quantitative estimate of drug-likeness (QED) is 0.727. The Morgan fingerprint density at radius 2 is 1.71 bits per heavy atom. The van der Waals surface area contributed by atoms with E-state index in [1.807, 2.05) is 0 Å². The first-order valence-corrected chi connectivity index (χ1v) is 3.98. The Morgan fingerprint density at radius 3 is 2.07 bits per heavy atom. The molecule has 2 N–H and O–H groups in total. The lowest BCUT2D eigenvalue weighted by atomic mass is 10.1. The minimum absolute atomic E-state index is 0.00870. The molecular weight excluding hydrogens is 195 g/mol. The van der Waals surface area contributed by atoms with Gasteiger partial charge in [0.05, 0.1) is 0 Å². The molecule has 0 saturated carbocycles. The van der Waals surface area contributed by atoms with Crippen LogP contribution in [-0.2, 0) is 0 Å². The van der Waals surface area contributed by atoms with E-state index in [2.05, 4.69) is 0 Å². The third kappa shape index (κ3) is 2.46. The highest BCUT2D eigenvalue weighted by molar-refractivity contribution is 5.24. The largest absolute Gasteiger partial charge is 0.410 e. The van der Waals surface area contributed by atoms with Gasteiger partial charge in [0.25, 0.3) is 0 Å². The van der Waals surface area contributed by atoms with Gasteiger partial charge in [-0.05, 0) is 12.5 Å². The first kappa shape index (κ1) is 11.0. The minimum Gasteiger partial charge on any atom is -0.316 e. The van der Waals surface area contributed by atoms with Crippen LogP contribution in [0.25, 0.3) is 0 Å². The summed E-state index contributed by atoms with van der Waals surface area (Å²) < 4.78 is 36.9. The molecule has 0 aliphatic carbocycles. The van der Waals surface area contributed by atoms with Crippen LogP contribution in [0.3, 0.4) is 0 Å². The fraction of sp³-hybridized carbons (Fsp3) is 0.333. The number of hydrogen-bond donors (Lipinski definition) is 2. The van der Waals surface area contributed by atoms with Crippen molar-refractivity contribution in [3.05, 3.63) is 35.4 Å². The number of halogens is 3. The Bertz CT molecular complexity index is 294. The van der Waals surface area contributed by atoms with Crippen LogP contribution in [-0.4, -0.2) is 11.4 Å². The SMILES string of the molecule is Cc1ccc([C@@H](NO)C(F)(F)F)cc1. The van der Waals surface area contributed by atoms with Crippen LogP contribution in [0.1, 0.15) is 17.2 Å². The average Bonchev–Trinajstić information content (AvgIpc) is 2.07. The van der Waals surface area contributed by atoms with Crippen molar-refractivity contribution < 1.29 is 18.4 Å². The lowest BCUT2D eigenvalue weighted by molar-refractivity contribution is -0.178. The molecular formula is C9H10F3NO. The molecule has 0 fully saturated rings. The third-order valence-corrected chi connectivity index (χ3v) is 1.87. The van der Waals surface area contributed by atoms with Gasteiger partial charge in [0.1, 0.15) is 0 Å². The lowest BCUT2D eigenvalue weighted by Gasteiger charge is -2.18. The Balaban J connectivity index is 2.96. The van der Waals surface area contributed by atoms with Crippen LogP contribution < -0.4 is 5.48 Å². The maximum absolute atomic E-state index is 12.3. The number of hydroxylamine groups is 1. The summed E-state index contributed by atoms with van der Waals surface area (Å²) in [7, 11) is 0. The molecule has 0 aromatic heterocycles. The summed E-state index contributed by atoms with van der Waals surface area (Å²) in [6.07, 6.45) is -4.50. The molecule has 1 aromatic carbocycles. The number of rotatable bonds is 2. The van der Waals surface area contributed by atoms with Crippen LogP contribution in [0, 0.1) is 6.92 Å². The molecule has 0 aliphatic rings. The second kappa shape index (κ2) is 3.98. The molecule has 0 aliphatic heterocycles. The predicted molar refractivity (Wildman–Crippen MR) is 44.9 cm³/mol. The van der Waals surface area contributed by atoms with Crippen molar-refractivity contribution >= 4 is 0 Å². The smallest absolute Gasteiger partial charge is 0.316 e. The van der Waals surface area contributed by atoms with Crippen molar-refractivity contribution in [2.24, 2.45) is 0 Å². The van der Waals surface area contributed by atoms with E-state index in [0.717, 1.165) is 5.56 Å². The van der Waals surface area contributed by atoms with E-state index in [4.69, 9.17) is 5.21 Å². The van der Waals surface area contributed by atoms with E-state index in [1.165, 1.54) is 17.6 Å². The van der Waals surface area contributed by atoms with Crippen molar-refractivity contribution in [3.63, 3.8) is 0 Å². The number of benzene rings is 1. The summed E-state index contributed by atoms with van der Waals surface area (Å²) in [4.78, 5) is 0. The first-order valence-electron chi connectivity index (χ1n) is 3.98. The van der Waals surface area contributed by atoms with E-state index in [9.17, 15) is 13.2 Å². The summed E-state index contributed by atoms with van der Waals surface area (Å²) in [6.45, 7) is 1.78. The maximum atomic E-state index is 12.3. The van der Waals surface area contributed by atoms with Crippen molar-refractivity contribution in [1.29, 1.82) is 0 Å². The van der Waals surface area contributed by atoms with E-state index >= 15 is 0 Å². The Hall–Kier alpha value is -1.07. The topological polar surface area (TPSA) is 32.3 Å². The summed E-state index contributed by atoms with van der Waals surface area (Å²) >= 11 is 0. The highest BCUT2D eigenvalue weighted by Crippen LogP contribution is 2.32. The van der Waals surface area contributed by atoms with Crippen molar-refractivity contribution in [2.75, 3.05) is 0 Å². The predicted octanol–water partition coefficient (Wildman–Crippen LogP) is 2.58. The molecule has 0 radical (unpaired) electrons. The second-order valence-corrected chi connectivity index (χ2v) is 3.01. The Kier molecular flexibility index (Phi) is 3.13. The molecule has 0 saturated heterocycles. The van der Waals surface area contributed by atoms with E-state index in [-0.39, 0.29) is 5.56 Å². The van der Waals surface area contributed by atoms with Gasteiger partial charge in [0, 0.05) is 0 Å². The molecule has 14 heavy (non-hydrogen) atoms. The third-order valence-electron chi connectivity index (χ3n) is 1.87. The zero-order chi connectivity index (χ0) is 10.8. The van der Waals surface area contributed by atoms with Crippen molar-refractivity contribution in [2.45, 2.75) is 19.1 Å². The molecule has 1 atom stereocenters. The van der Waals surface area contributed by atoms with Gasteiger partial charge >= 0.3 is 6.18 Å². The molecule has 1 rings (SSSR count). The lowest BCUT2D eigenvalue weighted by Crippen LogP contribution is -2.31. The van der Waals surface area contributed by atoms with Gasteiger partial charge < -0.3 is 5.21 Å². The highest BCUT2D eigenvalue weighted by Gasteiger charge is 2.40. The maximum Gasteiger partial charge on any atom is 0.410 e. The van der Waals surface area contributed by atoms with E-state index in [0.29, 0.717) is 0 Å². The van der Waals surface area contributed by atoms with Crippen LogP contribution in [0.15, 0.2) is 24.3 Å². The summed E-state index contributed by atoms with van der Waals surface area (Å²) in [6, 6.07) is 3.76. The van der Waals surface area contributed by atoms with Crippen molar-refractivity contribution in [1.82, 2.24) is 5.48 Å². The van der Waals surface area contributed by atoms with Crippen LogP contribution in [0.5, 0.6) is 0 Å². The molecule has 2 nitrogen and oxygen atoms in total. The van der Waals surface area contributed by atoms with Gasteiger partial charge in [-0.25, -0.2) is 0 Å². The number of nitrogens with one attached hydrogen (secondary N) is 1. The second-order valence-electron chi connectivity index (χ2n) is 3.01. The zero-order valence-corrected chi connectivity index (χ0v) is 7.47. The van der Waals surface area contributed by atoms with Crippen molar-refractivity contribution in [3.8, 4) is 0 Å². The van der Waals surface area contributed by atoms with Crippen LogP contribution in [0.2, 0.25) is 0 Å². The van der Waals surface area contributed by atoms with Crippen LogP contribution in [0.4, 0.5) is 13.2 Å². The van der Waals surface area contributed by atoms with Gasteiger partial charge in [0.15, 0.2) is 6.04 Å². The summed E-state index contributed by atoms with van der Waals surface area (Å²) in [5, 5.41) is 8.41. The standard InChI is InChI=1S/C9H10F3NO/c1-6-2-4-7(5-3-6)8(13-14)9(10,11)12/h2-5,8,13-14H,1H3/t8-/m1/s1. The number of aryl methyl sites for hydroxylation is 1. The number of alkyl halides is 3. The molecule has 0 amide bonds. The molecule has 0 unspecified atom stereocenters. The highest BCUT2D eigenvalue weighted by atomic mass is 19.4. The summed E-state index contributed by atoms with van der Waals surface area (Å²) in [5.41, 5.74) is 2.11. The normalized spacial score (nSPS) is 14.1. The molecule has 0 heterocycles. The van der Waals surface area contributed by atoms with Gasteiger partial charge in [-0.15, -0.1) is 0 Å². The van der Waals surface area contributed by atoms with Gasteiger partial charge in [-0.1, -0.05) is 29.8 Å². The van der Waals surface area contributed by atoms with Gasteiger partial charge in [-0.3, -0.25) is 0 Å². The average molecular weight is 205 g/mol. The summed E-state index contributed by atoms with van der Waals surface area (Å²) in [5.74, 6) is 0. The van der Waals surface area contributed by atoms with Gasteiger partial charge in [-0.2, -0.15) is 18.7 Å². The Labute approximate surface area is 79.3 Å². The molecule has 78 valence electrons. The zero-order valence-electron chi connectivity index (χ0n) is 7.47. The van der Waals surface area contributed by atoms with Gasteiger partial charge in [0.2, 0.25) is 0 Å². The number of hydrogen-bond acceptors (Lipinski definition) is 2. The minimum atomic E-state index is -4.50. The first-order chi connectivity index (χ1) is 6.45. The fourth-order valence-electron chi connectivity index (χ4n) is 1.10. The molecule has 5 heteroatoms. The molecule has 0 spiro atoms. The fourth-order valence-corrected chi connectivity index (χ4v) is 1.10. The van der Waals surface area contributed by atoms with E-state index in [1.54, 1.807) is 19.1 Å². The monoisotopic (exact) mass is 205 g/mol.